The van der Waals surface area contributed by atoms with E-state index in [1.807, 2.05) is 37.7 Å². The number of likely N-dealkylation sites (N-methyl/N-ethyl adjacent to an activating group) is 2. The first-order valence-electron chi connectivity index (χ1n) is 4.73. The van der Waals surface area contributed by atoms with Gasteiger partial charge in [0, 0.05) is 0 Å². The summed E-state index contributed by atoms with van der Waals surface area (Å²) in [4.78, 5) is 3.91. The quantitative estimate of drug-likeness (QED) is 0.558. The summed E-state index contributed by atoms with van der Waals surface area (Å²) in [7, 11) is 3.73. The van der Waals surface area contributed by atoms with Crippen molar-refractivity contribution in [3.8, 4) is 0 Å². The van der Waals surface area contributed by atoms with Gasteiger partial charge in [-0.1, -0.05) is 13.8 Å². The molecular weight excluding hydrogens is 168 g/mol. The molecule has 13 heavy (non-hydrogen) atoms. The largest absolute Gasteiger partial charge is 0.393 e. The summed E-state index contributed by atoms with van der Waals surface area (Å²) in [5.41, 5.74) is -0.622. The predicted octanol–water partition coefficient (Wildman–Crippen LogP) is -0.429. The highest BCUT2D eigenvalue weighted by atomic mass is 16.3. The van der Waals surface area contributed by atoms with Crippen LogP contribution in [0.4, 0.5) is 0 Å². The zero-order valence-electron chi connectivity index (χ0n) is 9.12. The lowest BCUT2D eigenvalue weighted by atomic mass is 10.1. The smallest absolute Gasteiger partial charge is 0.121 e. The van der Waals surface area contributed by atoms with Crippen LogP contribution in [0.1, 0.15) is 13.8 Å². The third-order valence-electron chi connectivity index (χ3n) is 2.69. The highest BCUT2D eigenvalue weighted by Gasteiger charge is 2.36. The molecule has 0 aromatic rings. The summed E-state index contributed by atoms with van der Waals surface area (Å²) in [5, 5.41) is 18.7. The first-order valence-corrected chi connectivity index (χ1v) is 4.73. The molecule has 0 spiro atoms. The summed E-state index contributed by atoms with van der Waals surface area (Å²) in [6, 6.07) is 0. The molecule has 0 unspecified atom stereocenters. The topological polar surface area (TPSA) is 46.9 Å². The number of aliphatic hydroxyl groups is 2. The van der Waals surface area contributed by atoms with Gasteiger partial charge in [0.1, 0.15) is 5.66 Å². The zero-order chi connectivity index (χ0) is 10.5. The molecule has 0 aliphatic carbocycles. The number of rotatable bonds is 6. The lowest BCUT2D eigenvalue weighted by Gasteiger charge is -2.45. The standard InChI is InChI=1S/C9H22N2O2/c1-5-11(6-2)9(7-12,8-13)10(3)4/h12-13H,5-8H2,1-4H3. The molecule has 0 atom stereocenters. The van der Waals surface area contributed by atoms with Gasteiger partial charge in [0.15, 0.2) is 0 Å². The maximum atomic E-state index is 9.34. The molecule has 4 nitrogen and oxygen atoms in total. The SMILES string of the molecule is CCN(CC)C(CO)(CO)N(C)C. The minimum absolute atomic E-state index is 0.0574. The molecule has 0 aromatic heterocycles. The van der Waals surface area contributed by atoms with Gasteiger partial charge in [-0.05, 0) is 27.2 Å². The lowest BCUT2D eigenvalue weighted by Crippen LogP contribution is -2.63. The van der Waals surface area contributed by atoms with Crippen molar-refractivity contribution in [2.24, 2.45) is 0 Å². The molecule has 0 saturated heterocycles. The summed E-state index contributed by atoms with van der Waals surface area (Å²) < 4.78 is 0. The minimum atomic E-state index is -0.622. The average Bonchev–Trinajstić information content (AvgIpc) is 2.13. The maximum absolute atomic E-state index is 9.34. The molecule has 0 radical (unpaired) electrons. The van der Waals surface area contributed by atoms with Gasteiger partial charge < -0.3 is 10.2 Å². The molecule has 80 valence electrons. The fourth-order valence-electron chi connectivity index (χ4n) is 1.63. The van der Waals surface area contributed by atoms with Gasteiger partial charge in [-0.3, -0.25) is 9.80 Å². The van der Waals surface area contributed by atoms with E-state index < -0.39 is 5.66 Å². The van der Waals surface area contributed by atoms with Crippen molar-refractivity contribution < 1.29 is 10.2 Å². The Kier molecular flexibility index (Phi) is 5.48. The van der Waals surface area contributed by atoms with E-state index in [4.69, 9.17) is 0 Å². The molecule has 0 aromatic carbocycles. The van der Waals surface area contributed by atoms with E-state index in [0.29, 0.717) is 0 Å². The van der Waals surface area contributed by atoms with Gasteiger partial charge in [0.25, 0.3) is 0 Å². The van der Waals surface area contributed by atoms with Crippen molar-refractivity contribution in [1.82, 2.24) is 9.80 Å². The number of aliphatic hydroxyl groups excluding tert-OH is 2. The van der Waals surface area contributed by atoms with E-state index in [-0.39, 0.29) is 13.2 Å². The lowest BCUT2D eigenvalue weighted by molar-refractivity contribution is -0.0969. The van der Waals surface area contributed by atoms with Crippen molar-refractivity contribution >= 4 is 0 Å². The first-order chi connectivity index (χ1) is 6.08. The fourth-order valence-corrected chi connectivity index (χ4v) is 1.63. The average molecular weight is 190 g/mol. The molecule has 0 aliphatic rings. The normalized spacial score (nSPS) is 12.9. The van der Waals surface area contributed by atoms with Crippen LogP contribution >= 0.6 is 0 Å². The van der Waals surface area contributed by atoms with E-state index in [1.165, 1.54) is 0 Å². The molecule has 0 bridgehead atoms. The summed E-state index contributed by atoms with van der Waals surface area (Å²) in [6.07, 6.45) is 0. The van der Waals surface area contributed by atoms with Crippen molar-refractivity contribution in [1.29, 1.82) is 0 Å². The molecule has 0 rings (SSSR count). The molecule has 0 saturated carbocycles. The van der Waals surface area contributed by atoms with Gasteiger partial charge in [-0.15, -0.1) is 0 Å². The fraction of sp³-hybridized carbons (Fsp3) is 1.00. The van der Waals surface area contributed by atoms with Gasteiger partial charge in [-0.25, -0.2) is 0 Å². The maximum Gasteiger partial charge on any atom is 0.121 e. The molecular formula is C9H22N2O2. The third kappa shape index (κ3) is 2.40. The Morgan fingerprint density at radius 1 is 1.00 bits per heavy atom. The summed E-state index contributed by atoms with van der Waals surface area (Å²) in [6.45, 7) is 5.56. The van der Waals surface area contributed by atoms with E-state index in [2.05, 4.69) is 0 Å². The van der Waals surface area contributed by atoms with Crippen molar-refractivity contribution in [3.05, 3.63) is 0 Å². The minimum Gasteiger partial charge on any atom is -0.393 e. The zero-order valence-corrected chi connectivity index (χ0v) is 9.12. The summed E-state index contributed by atoms with van der Waals surface area (Å²) in [5.74, 6) is 0. The van der Waals surface area contributed by atoms with Gasteiger partial charge >= 0.3 is 0 Å². The van der Waals surface area contributed by atoms with Gasteiger partial charge in [-0.2, -0.15) is 0 Å². The van der Waals surface area contributed by atoms with Crippen molar-refractivity contribution in [2.75, 3.05) is 40.4 Å². The van der Waals surface area contributed by atoms with Crippen LogP contribution in [-0.4, -0.2) is 66.1 Å². The van der Waals surface area contributed by atoms with Crippen LogP contribution in [-0.2, 0) is 0 Å². The number of hydrogen-bond donors (Lipinski definition) is 2. The second kappa shape index (κ2) is 5.54. The Bertz CT molecular complexity index is 132. The van der Waals surface area contributed by atoms with Gasteiger partial charge in [0.2, 0.25) is 0 Å². The van der Waals surface area contributed by atoms with E-state index in [0.717, 1.165) is 13.1 Å². The third-order valence-corrected chi connectivity index (χ3v) is 2.69. The number of hydrogen-bond acceptors (Lipinski definition) is 4. The molecule has 0 amide bonds. The number of nitrogens with zero attached hydrogens (tertiary/aromatic N) is 2. The Labute approximate surface area is 80.8 Å². The second-order valence-electron chi connectivity index (χ2n) is 3.37. The van der Waals surface area contributed by atoms with Crippen molar-refractivity contribution in [3.63, 3.8) is 0 Å². The van der Waals surface area contributed by atoms with Crippen LogP contribution in [0, 0.1) is 0 Å². The molecule has 2 N–H and O–H groups in total. The van der Waals surface area contributed by atoms with E-state index >= 15 is 0 Å². The monoisotopic (exact) mass is 190 g/mol. The Hall–Kier alpha value is -0.160. The summed E-state index contributed by atoms with van der Waals surface area (Å²) >= 11 is 0. The van der Waals surface area contributed by atoms with Crippen LogP contribution < -0.4 is 0 Å². The van der Waals surface area contributed by atoms with Crippen LogP contribution in [0.25, 0.3) is 0 Å². The Morgan fingerprint density at radius 2 is 1.38 bits per heavy atom. The molecule has 0 aliphatic heterocycles. The van der Waals surface area contributed by atoms with Crippen LogP contribution in [0.2, 0.25) is 0 Å². The van der Waals surface area contributed by atoms with Crippen LogP contribution in [0.3, 0.4) is 0 Å². The Morgan fingerprint density at radius 3 is 1.46 bits per heavy atom. The Balaban J connectivity index is 4.71. The van der Waals surface area contributed by atoms with Crippen LogP contribution in [0.5, 0.6) is 0 Å². The van der Waals surface area contributed by atoms with Crippen LogP contribution in [0.15, 0.2) is 0 Å². The molecule has 0 fully saturated rings. The molecule has 0 heterocycles. The first kappa shape index (κ1) is 12.8. The van der Waals surface area contributed by atoms with Crippen molar-refractivity contribution in [2.45, 2.75) is 19.5 Å². The molecule has 4 heteroatoms. The highest BCUT2D eigenvalue weighted by molar-refractivity contribution is 4.86. The predicted molar refractivity (Wildman–Crippen MR) is 53.5 cm³/mol. The highest BCUT2D eigenvalue weighted by Crippen LogP contribution is 2.16. The van der Waals surface area contributed by atoms with E-state index in [1.54, 1.807) is 0 Å². The second-order valence-corrected chi connectivity index (χ2v) is 3.37. The van der Waals surface area contributed by atoms with Gasteiger partial charge in [0.05, 0.1) is 13.2 Å². The van der Waals surface area contributed by atoms with E-state index in [9.17, 15) is 10.2 Å².